The number of furan rings is 1. The van der Waals surface area contributed by atoms with Gasteiger partial charge in [-0.2, -0.15) is 0 Å². The first-order chi connectivity index (χ1) is 9.41. The van der Waals surface area contributed by atoms with E-state index in [-0.39, 0.29) is 11.5 Å². The Balaban J connectivity index is 2.13. The summed E-state index contributed by atoms with van der Waals surface area (Å²) in [6.45, 7) is 8.21. The van der Waals surface area contributed by atoms with Gasteiger partial charge in [-0.05, 0) is 30.7 Å². The average molecular weight is 292 g/mol. The summed E-state index contributed by atoms with van der Waals surface area (Å²) < 4.78 is 5.13. The second kappa shape index (κ2) is 6.12. The van der Waals surface area contributed by atoms with Crippen molar-refractivity contribution in [3.63, 3.8) is 0 Å². The molecule has 0 spiro atoms. The fourth-order valence-electron chi connectivity index (χ4n) is 2.23. The van der Waals surface area contributed by atoms with Crippen LogP contribution in [0.5, 0.6) is 0 Å². The molecule has 0 amide bonds. The number of hydrogen-bond donors (Lipinski definition) is 1. The molecule has 2 N–H and O–H groups in total. The third-order valence-electron chi connectivity index (χ3n) is 3.46. The first kappa shape index (κ1) is 15.3. The van der Waals surface area contributed by atoms with Crippen LogP contribution in [-0.4, -0.2) is 18.5 Å². The Morgan fingerprint density at radius 2 is 2.05 bits per heavy atom. The molecule has 1 unspecified atom stereocenters. The second-order valence-electron chi connectivity index (χ2n) is 6.25. The van der Waals surface area contributed by atoms with Gasteiger partial charge in [-0.3, -0.25) is 4.90 Å². The van der Waals surface area contributed by atoms with Gasteiger partial charge >= 0.3 is 0 Å². The van der Waals surface area contributed by atoms with E-state index in [1.54, 1.807) is 12.5 Å². The van der Waals surface area contributed by atoms with Crippen LogP contribution in [0.1, 0.15) is 42.1 Å². The fourth-order valence-corrected chi connectivity index (χ4v) is 3.47. The van der Waals surface area contributed by atoms with Crippen LogP contribution in [0.4, 0.5) is 0 Å². The SMILES string of the molecule is CN(Cc1ccoc1)C(CN)c1ccc(C(C)(C)C)s1. The topological polar surface area (TPSA) is 42.4 Å². The van der Waals surface area contributed by atoms with Crippen molar-refractivity contribution in [2.24, 2.45) is 5.73 Å². The van der Waals surface area contributed by atoms with E-state index in [1.807, 2.05) is 17.4 Å². The molecule has 4 heteroatoms. The Morgan fingerprint density at radius 1 is 1.30 bits per heavy atom. The predicted molar refractivity (Wildman–Crippen MR) is 85.0 cm³/mol. The molecule has 0 saturated heterocycles. The zero-order valence-corrected chi connectivity index (χ0v) is 13.5. The Labute approximate surface area is 125 Å². The molecule has 3 nitrogen and oxygen atoms in total. The Bertz CT molecular complexity index is 525. The lowest BCUT2D eigenvalue weighted by atomic mass is 9.95. The molecular weight excluding hydrogens is 268 g/mol. The number of nitrogens with zero attached hydrogens (tertiary/aromatic N) is 1. The van der Waals surface area contributed by atoms with E-state index in [4.69, 9.17) is 10.2 Å². The summed E-state index contributed by atoms with van der Waals surface area (Å²) in [6.07, 6.45) is 3.50. The molecule has 0 aliphatic heterocycles. The van der Waals surface area contributed by atoms with Crippen molar-refractivity contribution >= 4 is 11.3 Å². The highest BCUT2D eigenvalue weighted by atomic mass is 32.1. The van der Waals surface area contributed by atoms with Gasteiger partial charge in [-0.25, -0.2) is 0 Å². The monoisotopic (exact) mass is 292 g/mol. The van der Waals surface area contributed by atoms with E-state index >= 15 is 0 Å². The van der Waals surface area contributed by atoms with Gasteiger partial charge in [0.05, 0.1) is 18.6 Å². The van der Waals surface area contributed by atoms with Crippen LogP contribution in [0.2, 0.25) is 0 Å². The lowest BCUT2D eigenvalue weighted by Gasteiger charge is -2.25. The quantitative estimate of drug-likeness (QED) is 0.912. The molecule has 2 aromatic heterocycles. The summed E-state index contributed by atoms with van der Waals surface area (Å²) >= 11 is 1.87. The van der Waals surface area contributed by atoms with Gasteiger partial charge in [0.25, 0.3) is 0 Å². The number of thiophene rings is 1. The average Bonchev–Trinajstić information content (AvgIpc) is 3.00. The second-order valence-corrected chi connectivity index (χ2v) is 7.37. The van der Waals surface area contributed by atoms with Gasteiger partial charge in [0, 0.05) is 28.4 Å². The lowest BCUT2D eigenvalue weighted by Crippen LogP contribution is -2.29. The van der Waals surface area contributed by atoms with Crippen molar-refractivity contribution in [3.05, 3.63) is 46.0 Å². The van der Waals surface area contributed by atoms with Gasteiger partial charge in [0.2, 0.25) is 0 Å². The number of nitrogens with two attached hydrogens (primary N) is 1. The minimum Gasteiger partial charge on any atom is -0.472 e. The van der Waals surface area contributed by atoms with Crippen molar-refractivity contribution in [1.82, 2.24) is 4.90 Å². The van der Waals surface area contributed by atoms with Crippen LogP contribution in [0.15, 0.2) is 35.1 Å². The highest BCUT2D eigenvalue weighted by Crippen LogP contribution is 2.34. The van der Waals surface area contributed by atoms with Crippen LogP contribution < -0.4 is 5.73 Å². The van der Waals surface area contributed by atoms with E-state index in [1.165, 1.54) is 15.3 Å². The largest absolute Gasteiger partial charge is 0.472 e. The molecule has 2 rings (SSSR count). The van der Waals surface area contributed by atoms with Gasteiger partial charge < -0.3 is 10.2 Å². The summed E-state index contributed by atoms with van der Waals surface area (Å²) in [7, 11) is 2.11. The molecular formula is C16H24N2OS. The van der Waals surface area contributed by atoms with E-state index < -0.39 is 0 Å². The summed E-state index contributed by atoms with van der Waals surface area (Å²) in [5.41, 5.74) is 7.37. The van der Waals surface area contributed by atoms with Gasteiger partial charge in [0.15, 0.2) is 0 Å². The van der Waals surface area contributed by atoms with Crippen molar-refractivity contribution in [2.45, 2.75) is 38.8 Å². The van der Waals surface area contributed by atoms with Crippen LogP contribution >= 0.6 is 11.3 Å². The third-order valence-corrected chi connectivity index (χ3v) is 5.07. The van der Waals surface area contributed by atoms with Crippen LogP contribution in [0.25, 0.3) is 0 Å². The summed E-state index contributed by atoms with van der Waals surface area (Å²) in [5.74, 6) is 0. The lowest BCUT2D eigenvalue weighted by molar-refractivity contribution is 0.244. The number of likely N-dealkylation sites (N-methyl/N-ethyl adjacent to an activating group) is 1. The summed E-state index contributed by atoms with van der Waals surface area (Å²) in [5, 5.41) is 0. The van der Waals surface area contributed by atoms with Gasteiger partial charge in [-0.15, -0.1) is 11.3 Å². The minimum atomic E-state index is 0.200. The van der Waals surface area contributed by atoms with Gasteiger partial charge in [0.1, 0.15) is 0 Å². The molecule has 1 atom stereocenters. The Kier molecular flexibility index (Phi) is 4.68. The zero-order valence-electron chi connectivity index (χ0n) is 12.7. The summed E-state index contributed by atoms with van der Waals surface area (Å²) in [6, 6.07) is 6.70. The number of hydrogen-bond acceptors (Lipinski definition) is 4. The molecule has 0 aliphatic rings. The molecule has 0 fully saturated rings. The van der Waals surface area contributed by atoms with E-state index in [9.17, 15) is 0 Å². The highest BCUT2D eigenvalue weighted by molar-refractivity contribution is 7.12. The number of rotatable bonds is 5. The van der Waals surface area contributed by atoms with Crippen LogP contribution in [0.3, 0.4) is 0 Å². The highest BCUT2D eigenvalue weighted by Gasteiger charge is 2.21. The van der Waals surface area contributed by atoms with Crippen molar-refractivity contribution in [2.75, 3.05) is 13.6 Å². The molecule has 0 aliphatic carbocycles. The van der Waals surface area contributed by atoms with Crippen LogP contribution in [-0.2, 0) is 12.0 Å². The normalized spacial score (nSPS) is 13.9. The van der Waals surface area contributed by atoms with Crippen molar-refractivity contribution in [3.8, 4) is 0 Å². The van der Waals surface area contributed by atoms with E-state index in [0.29, 0.717) is 6.54 Å². The first-order valence-corrected chi connectivity index (χ1v) is 7.75. The smallest absolute Gasteiger partial charge is 0.0947 e. The van der Waals surface area contributed by atoms with E-state index in [0.717, 1.165) is 6.54 Å². The minimum absolute atomic E-state index is 0.200. The Morgan fingerprint density at radius 3 is 2.55 bits per heavy atom. The van der Waals surface area contributed by atoms with E-state index in [2.05, 4.69) is 44.9 Å². The molecule has 0 bridgehead atoms. The molecule has 2 aromatic rings. The fraction of sp³-hybridized carbons (Fsp3) is 0.500. The molecule has 0 aromatic carbocycles. The maximum atomic E-state index is 5.99. The summed E-state index contributed by atoms with van der Waals surface area (Å²) in [4.78, 5) is 5.02. The molecule has 2 heterocycles. The Hall–Kier alpha value is -1.10. The standard InChI is InChI=1S/C16H24N2OS/c1-16(2,3)15-6-5-14(20-15)13(9-17)18(4)10-12-7-8-19-11-12/h5-8,11,13H,9-10,17H2,1-4H3. The maximum Gasteiger partial charge on any atom is 0.0947 e. The van der Waals surface area contributed by atoms with Crippen molar-refractivity contribution in [1.29, 1.82) is 0 Å². The molecule has 0 saturated carbocycles. The maximum absolute atomic E-state index is 5.99. The third kappa shape index (κ3) is 3.51. The molecule has 20 heavy (non-hydrogen) atoms. The molecule has 110 valence electrons. The van der Waals surface area contributed by atoms with Crippen LogP contribution in [0, 0.1) is 0 Å². The van der Waals surface area contributed by atoms with Gasteiger partial charge in [-0.1, -0.05) is 20.8 Å². The first-order valence-electron chi connectivity index (χ1n) is 6.93. The zero-order chi connectivity index (χ0) is 14.8. The molecule has 0 radical (unpaired) electrons. The predicted octanol–water partition coefficient (Wildman–Crippen LogP) is 3.77. The van der Waals surface area contributed by atoms with Crippen molar-refractivity contribution < 1.29 is 4.42 Å².